The second-order valence-corrected chi connectivity index (χ2v) is 15.3. The summed E-state index contributed by atoms with van der Waals surface area (Å²) in [6, 6.07) is 14.0. The molecular formula is C44H56N2O11+2. The number of fused-ring (bicyclic) bond motifs is 2. The molecule has 6 rings (SSSR count). The molecule has 1 saturated heterocycles. The number of ether oxygens (including phenoxy) is 8. The number of hydrogen-bond acceptors (Lipinski definition) is 11. The Morgan fingerprint density at radius 3 is 2.09 bits per heavy atom. The Labute approximate surface area is 335 Å². The highest BCUT2D eigenvalue weighted by molar-refractivity contribution is 5.91. The van der Waals surface area contributed by atoms with Gasteiger partial charge < -0.3 is 46.9 Å². The van der Waals surface area contributed by atoms with Gasteiger partial charge >= 0.3 is 11.9 Å². The topological polar surface area (TPSA) is 125 Å². The standard InChI is InChI=1S/C44H56N2O11/c1-45(19-14-33-26-38(50-2)39(51-3)27-35(33)36(45)23-32-22-34(29-47)44(53-5)41(25-32)52-4)15-8-20-54-42(48)12-13-43(49)55-21-9-18-46(16-6-7-17-46)28-31-10-11-37-40(24-31)57-30-56-37/h10-13,22,24-27,29,36H,6-9,14-21,23,28,30H2,1-5H3/q+2. The van der Waals surface area contributed by atoms with Crippen LogP contribution in [0.25, 0.3) is 0 Å². The molecule has 0 aromatic heterocycles. The third-order valence-electron chi connectivity index (χ3n) is 11.7. The van der Waals surface area contributed by atoms with Crippen molar-refractivity contribution in [3.05, 3.63) is 82.4 Å². The number of esters is 2. The van der Waals surface area contributed by atoms with E-state index in [4.69, 9.17) is 37.9 Å². The number of likely N-dealkylation sites (tertiary alicyclic amines) is 1. The SMILES string of the molecule is COc1cc2c(cc1OC)C(Cc1cc(C=O)c(OC)c(OC)c1)[N+](C)(CCCOC(=O)C=CC(=O)OCCC[N+]1(Cc3ccc4c(c3)OCO4)CCCC1)CC2. The molecule has 0 saturated carbocycles. The third kappa shape index (κ3) is 9.82. The fourth-order valence-corrected chi connectivity index (χ4v) is 8.71. The van der Waals surface area contributed by atoms with Crippen LogP contribution in [-0.4, -0.2) is 115 Å². The molecule has 3 heterocycles. The maximum atomic E-state index is 12.6. The molecule has 0 N–H and O–H groups in total. The highest BCUT2D eigenvalue weighted by Crippen LogP contribution is 2.44. The summed E-state index contributed by atoms with van der Waals surface area (Å²) in [5, 5.41) is 0. The normalized spacial score (nSPS) is 19.1. The zero-order valence-corrected chi connectivity index (χ0v) is 33.8. The summed E-state index contributed by atoms with van der Waals surface area (Å²) in [7, 11) is 8.53. The third-order valence-corrected chi connectivity index (χ3v) is 11.7. The number of rotatable bonds is 19. The Morgan fingerprint density at radius 2 is 1.42 bits per heavy atom. The number of aldehydes is 1. The van der Waals surface area contributed by atoms with Crippen molar-refractivity contribution in [2.45, 2.75) is 51.1 Å². The first-order chi connectivity index (χ1) is 27.6. The van der Waals surface area contributed by atoms with Crippen molar-refractivity contribution in [1.82, 2.24) is 0 Å². The van der Waals surface area contributed by atoms with E-state index in [-0.39, 0.29) is 26.0 Å². The summed E-state index contributed by atoms with van der Waals surface area (Å²) in [5.74, 6) is 2.63. The molecule has 3 aliphatic heterocycles. The first-order valence-electron chi connectivity index (χ1n) is 19.7. The van der Waals surface area contributed by atoms with Gasteiger partial charge in [-0.05, 0) is 53.6 Å². The Hall–Kier alpha value is -5.27. The highest BCUT2D eigenvalue weighted by Gasteiger charge is 2.40. The van der Waals surface area contributed by atoms with Gasteiger partial charge in [0.2, 0.25) is 6.79 Å². The van der Waals surface area contributed by atoms with Gasteiger partial charge in [-0.2, -0.15) is 0 Å². The van der Waals surface area contributed by atoms with Crippen LogP contribution >= 0.6 is 0 Å². The molecule has 0 spiro atoms. The summed E-state index contributed by atoms with van der Waals surface area (Å²) in [4.78, 5) is 37.1. The van der Waals surface area contributed by atoms with Crippen LogP contribution < -0.4 is 28.4 Å². The van der Waals surface area contributed by atoms with Crippen molar-refractivity contribution in [2.75, 3.05) is 88.2 Å². The molecule has 3 aromatic carbocycles. The van der Waals surface area contributed by atoms with Gasteiger partial charge in [-0.3, -0.25) is 4.79 Å². The van der Waals surface area contributed by atoms with Crippen molar-refractivity contribution in [1.29, 1.82) is 0 Å². The van der Waals surface area contributed by atoms with E-state index in [0.717, 1.165) is 91.1 Å². The maximum Gasteiger partial charge on any atom is 0.331 e. The lowest BCUT2D eigenvalue weighted by Gasteiger charge is -2.46. The molecule has 13 nitrogen and oxygen atoms in total. The zero-order valence-electron chi connectivity index (χ0n) is 33.8. The van der Waals surface area contributed by atoms with E-state index in [0.29, 0.717) is 52.4 Å². The minimum Gasteiger partial charge on any atom is -0.493 e. The fourth-order valence-electron chi connectivity index (χ4n) is 8.71. The molecule has 3 aromatic rings. The zero-order chi connectivity index (χ0) is 40.4. The Bertz CT molecular complexity index is 1940. The quantitative estimate of drug-likeness (QED) is 0.0483. The molecule has 0 aliphatic carbocycles. The number of methoxy groups -OCH3 is 4. The van der Waals surface area contributed by atoms with Gasteiger partial charge in [-0.1, -0.05) is 0 Å². The van der Waals surface area contributed by atoms with E-state index in [1.165, 1.54) is 31.1 Å². The van der Waals surface area contributed by atoms with Gasteiger partial charge in [0.25, 0.3) is 0 Å². The minimum absolute atomic E-state index is 0.0254. The fraction of sp³-hybridized carbons (Fsp3) is 0.477. The van der Waals surface area contributed by atoms with E-state index in [1.54, 1.807) is 21.3 Å². The first-order valence-corrected chi connectivity index (χ1v) is 19.7. The average Bonchev–Trinajstić information content (AvgIpc) is 3.90. The van der Waals surface area contributed by atoms with E-state index < -0.39 is 11.9 Å². The highest BCUT2D eigenvalue weighted by atomic mass is 16.7. The van der Waals surface area contributed by atoms with Crippen molar-refractivity contribution < 1.29 is 61.2 Å². The Balaban J connectivity index is 1.01. The van der Waals surface area contributed by atoms with Crippen LogP contribution in [0.15, 0.2) is 54.6 Å². The Kier molecular flexibility index (Phi) is 13.6. The van der Waals surface area contributed by atoms with Gasteiger partial charge in [-0.15, -0.1) is 0 Å². The first kappa shape index (κ1) is 41.4. The van der Waals surface area contributed by atoms with Gasteiger partial charge in [0.1, 0.15) is 12.6 Å². The molecule has 57 heavy (non-hydrogen) atoms. The van der Waals surface area contributed by atoms with Gasteiger partial charge in [0.15, 0.2) is 40.8 Å². The minimum atomic E-state index is -0.594. The van der Waals surface area contributed by atoms with Gasteiger partial charge in [0.05, 0.1) is 87.0 Å². The van der Waals surface area contributed by atoms with Crippen molar-refractivity contribution in [3.8, 4) is 34.5 Å². The van der Waals surface area contributed by atoms with E-state index in [9.17, 15) is 14.4 Å². The average molecular weight is 789 g/mol. The lowest BCUT2D eigenvalue weighted by Crippen LogP contribution is -2.52. The number of carbonyl (C=O) groups is 3. The number of quaternary nitrogens is 2. The number of hydrogen-bond donors (Lipinski definition) is 0. The van der Waals surface area contributed by atoms with Gasteiger partial charge in [0, 0.05) is 61.8 Å². The van der Waals surface area contributed by atoms with E-state index >= 15 is 0 Å². The van der Waals surface area contributed by atoms with E-state index in [1.807, 2.05) is 30.3 Å². The lowest BCUT2D eigenvalue weighted by atomic mass is 9.85. The van der Waals surface area contributed by atoms with Crippen LogP contribution in [0.2, 0.25) is 0 Å². The van der Waals surface area contributed by atoms with Crippen molar-refractivity contribution >= 4 is 18.2 Å². The molecule has 306 valence electrons. The van der Waals surface area contributed by atoms with Crippen LogP contribution in [0.3, 0.4) is 0 Å². The summed E-state index contributed by atoms with van der Waals surface area (Å²) < 4.78 is 46.0. The summed E-state index contributed by atoms with van der Waals surface area (Å²) in [6.07, 6.45) is 8.14. The van der Waals surface area contributed by atoms with Crippen LogP contribution in [0.5, 0.6) is 34.5 Å². The summed E-state index contributed by atoms with van der Waals surface area (Å²) >= 11 is 0. The summed E-state index contributed by atoms with van der Waals surface area (Å²) in [5.41, 5.74) is 4.85. The predicted molar refractivity (Wildman–Crippen MR) is 211 cm³/mol. The molecular weight excluding hydrogens is 732 g/mol. The van der Waals surface area contributed by atoms with Crippen LogP contribution in [0.4, 0.5) is 0 Å². The molecule has 2 unspecified atom stereocenters. The number of carbonyl (C=O) groups excluding carboxylic acids is 3. The van der Waals surface area contributed by atoms with Crippen LogP contribution in [0, 0.1) is 0 Å². The molecule has 1 fully saturated rings. The van der Waals surface area contributed by atoms with Crippen LogP contribution in [0.1, 0.15) is 64.3 Å². The molecule has 0 bridgehead atoms. The second-order valence-electron chi connectivity index (χ2n) is 15.3. The van der Waals surface area contributed by atoms with E-state index in [2.05, 4.69) is 19.2 Å². The number of likely N-dealkylation sites (N-methyl/N-ethyl adjacent to an activating group) is 1. The smallest absolute Gasteiger partial charge is 0.331 e. The molecule has 13 heteroatoms. The van der Waals surface area contributed by atoms with Crippen molar-refractivity contribution in [2.24, 2.45) is 0 Å². The molecule has 0 amide bonds. The Morgan fingerprint density at radius 1 is 0.754 bits per heavy atom. The predicted octanol–water partition coefficient (Wildman–Crippen LogP) is 5.78. The lowest BCUT2D eigenvalue weighted by molar-refractivity contribution is -0.941. The van der Waals surface area contributed by atoms with Crippen molar-refractivity contribution in [3.63, 3.8) is 0 Å². The molecule has 2 atom stereocenters. The largest absolute Gasteiger partial charge is 0.493 e. The monoisotopic (exact) mass is 788 g/mol. The number of nitrogens with zero attached hydrogens (tertiary/aromatic N) is 2. The summed E-state index contributed by atoms with van der Waals surface area (Å²) in [6.45, 7) is 6.23. The maximum absolute atomic E-state index is 12.6. The second kappa shape index (κ2) is 18.8. The molecule has 0 radical (unpaired) electrons. The molecule has 3 aliphatic rings. The van der Waals surface area contributed by atoms with Gasteiger partial charge in [-0.25, -0.2) is 9.59 Å². The van der Waals surface area contributed by atoms with Crippen LogP contribution in [-0.2, 0) is 38.4 Å². The number of benzene rings is 3.